The van der Waals surface area contributed by atoms with E-state index in [1.165, 1.54) is 25.3 Å². The van der Waals surface area contributed by atoms with Gasteiger partial charge in [0.1, 0.15) is 17.0 Å². The van der Waals surface area contributed by atoms with E-state index >= 15 is 0 Å². The van der Waals surface area contributed by atoms with E-state index in [2.05, 4.69) is 10.4 Å². The van der Waals surface area contributed by atoms with Gasteiger partial charge in [0, 0.05) is 0 Å². The summed E-state index contributed by atoms with van der Waals surface area (Å²) in [6.07, 6.45) is 0. The Hall–Kier alpha value is -4.21. The molecule has 160 valence electrons. The Morgan fingerprint density at radius 1 is 1.16 bits per heavy atom. The number of benzene rings is 2. The second-order valence-electron chi connectivity index (χ2n) is 6.56. The maximum atomic E-state index is 12.6. The molecule has 31 heavy (non-hydrogen) atoms. The zero-order valence-electron chi connectivity index (χ0n) is 17.1. The first-order valence-electron chi connectivity index (χ1n) is 9.23. The second kappa shape index (κ2) is 9.08. The Kier molecular flexibility index (Phi) is 6.29. The lowest BCUT2D eigenvalue weighted by Crippen LogP contribution is -2.22. The first kappa shape index (κ1) is 21.5. The van der Waals surface area contributed by atoms with E-state index < -0.39 is 23.4 Å². The molecule has 0 bridgehead atoms. The van der Waals surface area contributed by atoms with Crippen molar-refractivity contribution in [2.45, 2.75) is 13.8 Å². The number of nitrogens with zero attached hydrogens (tertiary/aromatic N) is 3. The molecule has 1 aromatic heterocycles. The number of methoxy groups -OCH3 is 1. The summed E-state index contributed by atoms with van der Waals surface area (Å²) in [5.74, 6) is -1.15. The zero-order chi connectivity index (χ0) is 22.5. The predicted octanol–water partition coefficient (Wildman–Crippen LogP) is 3.20. The Balaban J connectivity index is 1.70. The number of hydrogen-bond donors (Lipinski definition) is 1. The smallest absolute Gasteiger partial charge is 0.342 e. The molecule has 2 aromatic carbocycles. The molecule has 0 aliphatic carbocycles. The summed E-state index contributed by atoms with van der Waals surface area (Å²) in [6.45, 7) is 2.78. The molecule has 10 nitrogen and oxygen atoms in total. The highest BCUT2D eigenvalue weighted by Gasteiger charge is 2.22. The van der Waals surface area contributed by atoms with Gasteiger partial charge in [0.2, 0.25) is 0 Å². The molecule has 3 aromatic rings. The number of carbonyl (C=O) groups is 2. The molecule has 0 saturated heterocycles. The van der Waals surface area contributed by atoms with Crippen molar-refractivity contribution in [3.8, 4) is 11.4 Å². The Labute approximate surface area is 177 Å². The lowest BCUT2D eigenvalue weighted by molar-refractivity contribution is -0.384. The molecule has 0 aliphatic rings. The molecule has 0 unspecified atom stereocenters. The molecule has 10 heteroatoms. The van der Waals surface area contributed by atoms with Gasteiger partial charge in [-0.2, -0.15) is 5.10 Å². The lowest BCUT2D eigenvalue weighted by atomic mass is 10.2. The number of nitro benzene ring substituents is 1. The Bertz CT molecular complexity index is 1140. The number of aryl methyl sites for hydroxylation is 1. The van der Waals surface area contributed by atoms with Crippen molar-refractivity contribution >= 4 is 23.3 Å². The van der Waals surface area contributed by atoms with Crippen LogP contribution < -0.4 is 10.1 Å². The van der Waals surface area contributed by atoms with Gasteiger partial charge in [-0.3, -0.25) is 14.9 Å². The van der Waals surface area contributed by atoms with Crippen molar-refractivity contribution in [3.05, 3.63) is 75.6 Å². The van der Waals surface area contributed by atoms with Gasteiger partial charge in [0.15, 0.2) is 6.61 Å². The van der Waals surface area contributed by atoms with Crippen molar-refractivity contribution in [2.24, 2.45) is 0 Å². The molecule has 0 saturated carbocycles. The van der Waals surface area contributed by atoms with Gasteiger partial charge < -0.3 is 14.8 Å². The van der Waals surface area contributed by atoms with Gasteiger partial charge in [-0.1, -0.05) is 18.2 Å². The van der Waals surface area contributed by atoms with Crippen LogP contribution in [0.5, 0.6) is 5.75 Å². The van der Waals surface area contributed by atoms with Crippen molar-refractivity contribution in [1.29, 1.82) is 0 Å². The van der Waals surface area contributed by atoms with E-state index in [9.17, 15) is 19.7 Å². The Morgan fingerprint density at radius 2 is 1.87 bits per heavy atom. The van der Waals surface area contributed by atoms with Crippen LogP contribution in [0.15, 0.2) is 48.5 Å². The third kappa shape index (κ3) is 4.69. The summed E-state index contributed by atoms with van der Waals surface area (Å²) in [6, 6.07) is 13.3. The van der Waals surface area contributed by atoms with Crippen molar-refractivity contribution in [2.75, 3.05) is 19.0 Å². The van der Waals surface area contributed by atoms with Crippen LogP contribution in [0.3, 0.4) is 0 Å². The molecule has 1 N–H and O–H groups in total. The minimum absolute atomic E-state index is 0.0314. The normalized spacial score (nSPS) is 10.4. The van der Waals surface area contributed by atoms with E-state index in [0.717, 1.165) is 5.69 Å². The van der Waals surface area contributed by atoms with E-state index in [-0.39, 0.29) is 22.7 Å². The number of ether oxygens (including phenoxy) is 2. The minimum atomic E-state index is -0.715. The quantitative estimate of drug-likeness (QED) is 0.351. The summed E-state index contributed by atoms with van der Waals surface area (Å²) in [5.41, 5.74) is 1.70. The molecule has 0 spiro atoms. The summed E-state index contributed by atoms with van der Waals surface area (Å²) in [7, 11) is 1.38. The molecule has 1 heterocycles. The SMILES string of the molecule is COc1ccc(NC(=O)COC(=O)c2c(C)nn(-c3ccccc3)c2C)c([N+](=O)[O-])c1. The van der Waals surface area contributed by atoms with Gasteiger partial charge >= 0.3 is 5.97 Å². The number of amides is 1. The maximum Gasteiger partial charge on any atom is 0.342 e. The van der Waals surface area contributed by atoms with Gasteiger partial charge in [0.05, 0.1) is 35.2 Å². The predicted molar refractivity (Wildman–Crippen MR) is 112 cm³/mol. The van der Waals surface area contributed by atoms with Crippen LogP contribution >= 0.6 is 0 Å². The third-order valence-corrected chi connectivity index (χ3v) is 4.51. The number of para-hydroxylation sites is 1. The molecule has 0 radical (unpaired) electrons. The van der Waals surface area contributed by atoms with Crippen LogP contribution in [-0.2, 0) is 9.53 Å². The summed E-state index contributed by atoms with van der Waals surface area (Å²) < 4.78 is 11.7. The molecule has 0 aliphatic heterocycles. The number of nitrogens with one attached hydrogen (secondary N) is 1. The number of hydrogen-bond acceptors (Lipinski definition) is 7. The molecule has 0 fully saturated rings. The fraction of sp³-hybridized carbons (Fsp3) is 0.190. The highest BCUT2D eigenvalue weighted by atomic mass is 16.6. The van der Waals surface area contributed by atoms with Crippen molar-refractivity contribution < 1.29 is 24.0 Å². The van der Waals surface area contributed by atoms with Crippen LogP contribution in [0.25, 0.3) is 5.69 Å². The minimum Gasteiger partial charge on any atom is -0.496 e. The molecular formula is C21H20N4O6. The Morgan fingerprint density at radius 3 is 2.52 bits per heavy atom. The van der Waals surface area contributed by atoms with Gasteiger partial charge in [0.25, 0.3) is 11.6 Å². The second-order valence-corrected chi connectivity index (χ2v) is 6.56. The third-order valence-electron chi connectivity index (χ3n) is 4.51. The van der Waals surface area contributed by atoms with E-state index in [1.807, 2.05) is 30.3 Å². The van der Waals surface area contributed by atoms with E-state index in [4.69, 9.17) is 9.47 Å². The highest BCUT2D eigenvalue weighted by molar-refractivity contribution is 5.97. The first-order valence-corrected chi connectivity index (χ1v) is 9.23. The largest absolute Gasteiger partial charge is 0.496 e. The number of nitro groups is 1. The average Bonchev–Trinajstić information content (AvgIpc) is 3.06. The summed E-state index contributed by atoms with van der Waals surface area (Å²) in [4.78, 5) is 35.4. The number of rotatable bonds is 7. The molecule has 0 atom stereocenters. The van der Waals surface area contributed by atoms with Crippen molar-refractivity contribution in [3.63, 3.8) is 0 Å². The number of aromatic nitrogens is 2. The van der Waals surface area contributed by atoms with E-state index in [1.54, 1.807) is 18.5 Å². The summed E-state index contributed by atoms with van der Waals surface area (Å²) >= 11 is 0. The number of esters is 1. The summed E-state index contributed by atoms with van der Waals surface area (Å²) in [5, 5.41) is 18.0. The average molecular weight is 424 g/mol. The zero-order valence-corrected chi connectivity index (χ0v) is 17.1. The van der Waals surface area contributed by atoms with Gasteiger partial charge in [-0.15, -0.1) is 0 Å². The lowest BCUT2D eigenvalue weighted by Gasteiger charge is -2.09. The highest BCUT2D eigenvalue weighted by Crippen LogP contribution is 2.29. The first-order chi connectivity index (χ1) is 14.8. The molecule has 1 amide bonds. The van der Waals surface area contributed by atoms with Gasteiger partial charge in [-0.25, -0.2) is 9.48 Å². The van der Waals surface area contributed by atoms with E-state index in [0.29, 0.717) is 11.4 Å². The van der Waals surface area contributed by atoms with Crippen LogP contribution in [0.2, 0.25) is 0 Å². The monoisotopic (exact) mass is 424 g/mol. The number of carbonyl (C=O) groups excluding carboxylic acids is 2. The molecular weight excluding hydrogens is 404 g/mol. The van der Waals surface area contributed by atoms with Crippen LogP contribution in [0, 0.1) is 24.0 Å². The van der Waals surface area contributed by atoms with Crippen LogP contribution in [-0.4, -0.2) is 40.3 Å². The number of anilines is 1. The maximum absolute atomic E-state index is 12.6. The van der Waals surface area contributed by atoms with Gasteiger partial charge in [-0.05, 0) is 38.1 Å². The molecule has 3 rings (SSSR count). The topological polar surface area (TPSA) is 126 Å². The fourth-order valence-electron chi connectivity index (χ4n) is 3.04. The van der Waals surface area contributed by atoms with Crippen LogP contribution in [0.1, 0.15) is 21.7 Å². The standard InChI is InChI=1S/C21H20N4O6/c1-13-20(14(2)24(23-13)15-7-5-4-6-8-15)21(27)31-12-19(26)22-17-10-9-16(30-3)11-18(17)25(28)29/h4-11H,12H2,1-3H3,(H,22,26). The van der Waals surface area contributed by atoms with Crippen LogP contribution in [0.4, 0.5) is 11.4 Å². The fourth-order valence-corrected chi connectivity index (χ4v) is 3.04. The van der Waals surface area contributed by atoms with Crippen molar-refractivity contribution in [1.82, 2.24) is 9.78 Å².